The molecular formula is C11H19NO4S. The second-order valence-corrected chi connectivity index (χ2v) is 5.90. The molecule has 1 saturated heterocycles. The van der Waals surface area contributed by atoms with Gasteiger partial charge in [0, 0.05) is 13.0 Å². The van der Waals surface area contributed by atoms with Gasteiger partial charge in [0.2, 0.25) is 5.91 Å². The summed E-state index contributed by atoms with van der Waals surface area (Å²) in [6, 6.07) is -0.629. The number of thioether (sulfide) groups is 1. The summed E-state index contributed by atoms with van der Waals surface area (Å²) in [5, 5.41) is 9.90. The van der Waals surface area contributed by atoms with Gasteiger partial charge in [-0.1, -0.05) is 13.8 Å². The second kappa shape index (κ2) is 6.26. The Bertz CT molecular complexity index is 295. The molecule has 5 nitrogen and oxygen atoms in total. The minimum absolute atomic E-state index is 0.115. The predicted molar refractivity (Wildman–Crippen MR) is 65.7 cm³/mol. The van der Waals surface area contributed by atoms with Gasteiger partial charge in [0.1, 0.15) is 6.04 Å². The number of esters is 1. The van der Waals surface area contributed by atoms with Gasteiger partial charge >= 0.3 is 5.97 Å². The SMILES string of the molecule is COC(=O)C1CC(O)CN1C(=O)CSC(C)C. The van der Waals surface area contributed by atoms with Crippen molar-refractivity contribution in [2.75, 3.05) is 19.4 Å². The maximum absolute atomic E-state index is 11.9. The van der Waals surface area contributed by atoms with Gasteiger partial charge < -0.3 is 14.7 Å². The van der Waals surface area contributed by atoms with Crippen molar-refractivity contribution >= 4 is 23.6 Å². The molecule has 1 rings (SSSR count). The third-order valence-electron chi connectivity index (χ3n) is 2.61. The van der Waals surface area contributed by atoms with Gasteiger partial charge in [-0.3, -0.25) is 4.79 Å². The summed E-state index contributed by atoms with van der Waals surface area (Å²) >= 11 is 1.52. The molecule has 0 saturated carbocycles. The minimum Gasteiger partial charge on any atom is -0.467 e. The second-order valence-electron chi connectivity index (χ2n) is 4.33. The summed E-state index contributed by atoms with van der Waals surface area (Å²) in [5.74, 6) is -0.238. The van der Waals surface area contributed by atoms with Crippen LogP contribution in [0.25, 0.3) is 0 Å². The monoisotopic (exact) mass is 261 g/mol. The van der Waals surface area contributed by atoms with Gasteiger partial charge in [-0.25, -0.2) is 4.79 Å². The van der Waals surface area contributed by atoms with Crippen LogP contribution in [-0.2, 0) is 14.3 Å². The van der Waals surface area contributed by atoms with E-state index < -0.39 is 18.1 Å². The highest BCUT2D eigenvalue weighted by Gasteiger charge is 2.39. The highest BCUT2D eigenvalue weighted by Crippen LogP contribution is 2.21. The summed E-state index contributed by atoms with van der Waals surface area (Å²) in [6.07, 6.45) is -0.364. The summed E-state index contributed by atoms with van der Waals surface area (Å²) in [5.41, 5.74) is 0. The van der Waals surface area contributed by atoms with Gasteiger partial charge in [-0.05, 0) is 5.25 Å². The molecule has 0 bridgehead atoms. The number of ether oxygens (including phenoxy) is 1. The summed E-state index contributed by atoms with van der Waals surface area (Å²) in [4.78, 5) is 24.8. The first kappa shape index (κ1) is 14.3. The quantitative estimate of drug-likeness (QED) is 0.735. The van der Waals surface area contributed by atoms with Gasteiger partial charge in [-0.2, -0.15) is 0 Å². The van der Waals surface area contributed by atoms with E-state index >= 15 is 0 Å². The van der Waals surface area contributed by atoms with Gasteiger partial charge in [0.25, 0.3) is 0 Å². The Morgan fingerprint density at radius 1 is 1.53 bits per heavy atom. The van der Waals surface area contributed by atoms with Crippen molar-refractivity contribution in [3.05, 3.63) is 0 Å². The average Bonchev–Trinajstić information content (AvgIpc) is 2.67. The fourth-order valence-corrected chi connectivity index (χ4v) is 2.41. The number of β-amino-alcohol motifs (C(OH)–C–C–N with tert-alkyl or cyclic N) is 1. The molecule has 1 aliphatic heterocycles. The van der Waals surface area contributed by atoms with Crippen molar-refractivity contribution in [3.8, 4) is 0 Å². The van der Waals surface area contributed by atoms with Crippen LogP contribution in [0, 0.1) is 0 Å². The molecule has 0 aliphatic carbocycles. The first-order valence-electron chi connectivity index (χ1n) is 5.62. The number of methoxy groups -OCH3 is 1. The fraction of sp³-hybridized carbons (Fsp3) is 0.818. The standard InChI is InChI=1S/C11H19NO4S/c1-7(2)17-6-10(14)12-5-8(13)4-9(12)11(15)16-3/h7-9,13H,4-6H2,1-3H3. The van der Waals surface area contributed by atoms with E-state index in [0.717, 1.165) is 0 Å². The van der Waals surface area contributed by atoms with E-state index in [4.69, 9.17) is 0 Å². The van der Waals surface area contributed by atoms with Crippen LogP contribution in [0.5, 0.6) is 0 Å². The van der Waals surface area contributed by atoms with E-state index in [9.17, 15) is 14.7 Å². The maximum Gasteiger partial charge on any atom is 0.328 e. The number of hydrogen-bond donors (Lipinski definition) is 1. The van der Waals surface area contributed by atoms with Gasteiger partial charge in [0.05, 0.1) is 19.0 Å². The first-order chi connectivity index (χ1) is 7.95. The van der Waals surface area contributed by atoms with Gasteiger partial charge in [0.15, 0.2) is 0 Å². The number of aliphatic hydroxyl groups is 1. The lowest BCUT2D eigenvalue weighted by Gasteiger charge is -2.22. The number of rotatable bonds is 4. The third kappa shape index (κ3) is 3.89. The Kier molecular flexibility index (Phi) is 5.27. The van der Waals surface area contributed by atoms with Crippen LogP contribution >= 0.6 is 11.8 Å². The van der Waals surface area contributed by atoms with Crippen LogP contribution < -0.4 is 0 Å². The normalized spacial score (nSPS) is 24.2. The Hall–Kier alpha value is -0.750. The van der Waals surface area contributed by atoms with E-state index in [1.54, 1.807) is 0 Å². The molecule has 6 heteroatoms. The van der Waals surface area contributed by atoms with Crippen LogP contribution in [0.1, 0.15) is 20.3 Å². The van der Waals surface area contributed by atoms with Crippen molar-refractivity contribution in [2.24, 2.45) is 0 Å². The zero-order chi connectivity index (χ0) is 13.0. The van der Waals surface area contributed by atoms with Crippen LogP contribution in [0.3, 0.4) is 0 Å². The molecule has 1 amide bonds. The summed E-state index contributed by atoms with van der Waals surface area (Å²) in [6.45, 7) is 4.24. The average molecular weight is 261 g/mol. The zero-order valence-corrected chi connectivity index (χ0v) is 11.2. The molecule has 1 N–H and O–H groups in total. The predicted octanol–water partition coefficient (Wildman–Crippen LogP) is 0.263. The van der Waals surface area contributed by atoms with E-state index in [2.05, 4.69) is 4.74 Å². The first-order valence-corrected chi connectivity index (χ1v) is 6.67. The number of hydrogen-bond acceptors (Lipinski definition) is 5. The van der Waals surface area contributed by atoms with Crippen molar-refractivity contribution in [1.29, 1.82) is 0 Å². The minimum atomic E-state index is -0.632. The molecule has 1 fully saturated rings. The molecule has 17 heavy (non-hydrogen) atoms. The van der Waals surface area contributed by atoms with Crippen LogP contribution in [0.2, 0.25) is 0 Å². The van der Waals surface area contributed by atoms with Gasteiger partial charge in [-0.15, -0.1) is 11.8 Å². The molecule has 98 valence electrons. The smallest absolute Gasteiger partial charge is 0.328 e. The molecule has 1 heterocycles. The van der Waals surface area contributed by atoms with E-state index in [0.29, 0.717) is 11.0 Å². The highest BCUT2D eigenvalue weighted by atomic mass is 32.2. The Labute approximate surface area is 105 Å². The van der Waals surface area contributed by atoms with Crippen molar-refractivity contribution in [1.82, 2.24) is 4.90 Å². The lowest BCUT2D eigenvalue weighted by molar-refractivity contribution is -0.150. The fourth-order valence-electron chi connectivity index (χ4n) is 1.77. The molecule has 0 aromatic carbocycles. The number of amides is 1. The van der Waals surface area contributed by atoms with Crippen LogP contribution in [0.15, 0.2) is 0 Å². The zero-order valence-electron chi connectivity index (χ0n) is 10.4. The lowest BCUT2D eigenvalue weighted by atomic mass is 10.2. The topological polar surface area (TPSA) is 66.8 Å². The van der Waals surface area contributed by atoms with E-state index in [-0.39, 0.29) is 18.9 Å². The number of carbonyl (C=O) groups is 2. The summed E-state index contributed by atoms with van der Waals surface area (Å²) < 4.78 is 4.64. The third-order valence-corrected chi connectivity index (χ3v) is 3.69. The van der Waals surface area contributed by atoms with Crippen molar-refractivity contribution in [3.63, 3.8) is 0 Å². The van der Waals surface area contributed by atoms with Crippen molar-refractivity contribution < 1.29 is 19.4 Å². The number of likely N-dealkylation sites (tertiary alicyclic amines) is 1. The maximum atomic E-state index is 11.9. The number of aliphatic hydroxyl groups excluding tert-OH is 1. The Balaban J connectivity index is 2.60. The van der Waals surface area contributed by atoms with Crippen LogP contribution in [-0.4, -0.2) is 58.7 Å². The lowest BCUT2D eigenvalue weighted by Crippen LogP contribution is -2.42. The molecule has 2 unspecified atom stereocenters. The van der Waals surface area contributed by atoms with E-state index in [1.165, 1.54) is 23.8 Å². The molecule has 0 aromatic heterocycles. The van der Waals surface area contributed by atoms with Crippen molar-refractivity contribution in [2.45, 2.75) is 37.7 Å². The van der Waals surface area contributed by atoms with Crippen LogP contribution in [0.4, 0.5) is 0 Å². The largest absolute Gasteiger partial charge is 0.467 e. The molecule has 1 aliphatic rings. The number of nitrogens with zero attached hydrogens (tertiary/aromatic N) is 1. The molecule has 0 aromatic rings. The highest BCUT2D eigenvalue weighted by molar-refractivity contribution is 8.00. The molecule has 0 spiro atoms. The molecular weight excluding hydrogens is 242 g/mol. The number of carbonyl (C=O) groups excluding carboxylic acids is 2. The molecule has 2 atom stereocenters. The van der Waals surface area contributed by atoms with E-state index in [1.807, 2.05) is 13.8 Å². The Morgan fingerprint density at radius 2 is 2.18 bits per heavy atom. The molecule has 0 radical (unpaired) electrons. The summed E-state index contributed by atoms with van der Waals surface area (Å²) in [7, 11) is 1.29. The Morgan fingerprint density at radius 3 is 2.71 bits per heavy atom.